The highest BCUT2D eigenvalue weighted by molar-refractivity contribution is 5.82. The third-order valence-electron chi connectivity index (χ3n) is 11.6. The van der Waals surface area contributed by atoms with E-state index in [0.29, 0.717) is 12.3 Å². The molecule has 1 aromatic rings. The van der Waals surface area contributed by atoms with Crippen LogP contribution >= 0.6 is 0 Å². The maximum atomic E-state index is 13.4. The van der Waals surface area contributed by atoms with Crippen LogP contribution in [0.5, 0.6) is 11.5 Å². The van der Waals surface area contributed by atoms with Crippen LogP contribution in [0, 0.1) is 5.92 Å². The van der Waals surface area contributed by atoms with Crippen LogP contribution in [-0.2, 0) is 55.1 Å². The zero-order valence-electron chi connectivity index (χ0n) is 40.4. The van der Waals surface area contributed by atoms with Gasteiger partial charge in [-0.15, -0.1) is 0 Å². The Kier molecular flexibility index (Phi) is 25.8. The zero-order chi connectivity index (χ0) is 51.1. The van der Waals surface area contributed by atoms with Gasteiger partial charge in [0.05, 0.1) is 31.0 Å². The molecule has 2 fully saturated rings. The van der Waals surface area contributed by atoms with Gasteiger partial charge >= 0.3 is 11.9 Å². The van der Waals surface area contributed by atoms with Crippen LogP contribution in [0.1, 0.15) is 84.8 Å². The number of phenolic OH excluding ortho intramolecular Hbond substituents is 2. The van der Waals surface area contributed by atoms with Gasteiger partial charge in [-0.05, 0) is 69.6 Å². The molecule has 18 heteroatoms. The summed E-state index contributed by atoms with van der Waals surface area (Å²) in [5, 5.41) is 96.3. The summed E-state index contributed by atoms with van der Waals surface area (Å²) in [4.78, 5) is 25.8. The highest BCUT2D eigenvalue weighted by Crippen LogP contribution is 2.51. The molecule has 1 spiro atoms. The highest BCUT2D eigenvalue weighted by atomic mass is 16.8. The number of fused-ring (bicyclic) bond motifs is 2. The lowest BCUT2D eigenvalue weighted by Gasteiger charge is -2.50. The van der Waals surface area contributed by atoms with Gasteiger partial charge in [0, 0.05) is 31.4 Å². The van der Waals surface area contributed by atoms with Crippen molar-refractivity contribution in [3.05, 3.63) is 108 Å². The Morgan fingerprint density at radius 1 is 0.841 bits per heavy atom. The average molecular weight is 975 g/mol. The van der Waals surface area contributed by atoms with Crippen molar-refractivity contribution in [2.45, 2.75) is 153 Å². The van der Waals surface area contributed by atoms with Crippen LogP contribution in [-0.4, -0.2) is 152 Å². The first kappa shape index (κ1) is 58.8. The molecule has 0 amide bonds. The minimum Gasteiger partial charge on any atom is -0.508 e. The molecule has 13 atom stereocenters. The molecule has 2 saturated heterocycles. The minimum atomic E-state index is -2.28. The fourth-order valence-corrected chi connectivity index (χ4v) is 7.30. The van der Waals surface area contributed by atoms with Gasteiger partial charge < -0.3 is 79.1 Å². The minimum absolute atomic E-state index is 0.121. The Bertz CT molecular complexity index is 1940. The van der Waals surface area contributed by atoms with Crippen molar-refractivity contribution in [2.75, 3.05) is 26.4 Å². The summed E-state index contributed by atoms with van der Waals surface area (Å²) >= 11 is 0. The van der Waals surface area contributed by atoms with Crippen molar-refractivity contribution in [3.8, 4) is 11.5 Å². The predicted molar refractivity (Wildman–Crippen MR) is 253 cm³/mol. The summed E-state index contributed by atoms with van der Waals surface area (Å²) in [7, 11) is 0. The molecule has 69 heavy (non-hydrogen) atoms. The molecule has 3 unspecified atom stereocenters. The van der Waals surface area contributed by atoms with Gasteiger partial charge in [0.2, 0.25) is 5.79 Å². The summed E-state index contributed by atoms with van der Waals surface area (Å²) in [6.45, 7) is 11.8. The lowest BCUT2D eigenvalue weighted by Crippen LogP contribution is -2.67. The topological polar surface area (TPSA) is 281 Å². The zero-order valence-corrected chi connectivity index (χ0v) is 40.4. The molecule has 3 aliphatic heterocycles. The molecule has 3 aliphatic rings. The first-order valence-corrected chi connectivity index (χ1v) is 23.5. The van der Waals surface area contributed by atoms with Crippen LogP contribution < -0.4 is 0 Å². The van der Waals surface area contributed by atoms with E-state index in [1.165, 1.54) is 30.4 Å². The monoisotopic (exact) mass is 974 g/mol. The van der Waals surface area contributed by atoms with E-state index in [1.54, 1.807) is 31.2 Å². The predicted octanol–water partition coefficient (Wildman–Crippen LogP) is 3.86. The number of aliphatic hydroxyl groups excluding tert-OH is 7. The fraction of sp³-hybridized carbons (Fsp3) is 0.569. The number of phenols is 2. The van der Waals surface area contributed by atoms with Gasteiger partial charge in [-0.2, -0.15) is 0 Å². The Morgan fingerprint density at radius 2 is 1.54 bits per heavy atom. The van der Waals surface area contributed by atoms with Gasteiger partial charge in [0.25, 0.3) is 0 Å². The fourth-order valence-electron chi connectivity index (χ4n) is 7.30. The second kappa shape index (κ2) is 30.3. The Hall–Kier alpha value is -4.54. The molecular formula is C51H74O18. The van der Waals surface area contributed by atoms with E-state index in [2.05, 4.69) is 19.9 Å². The van der Waals surface area contributed by atoms with E-state index in [0.717, 1.165) is 56.3 Å². The van der Waals surface area contributed by atoms with Crippen molar-refractivity contribution >= 4 is 11.9 Å². The number of ether oxygens (including phenoxy) is 7. The molecule has 0 aromatic heterocycles. The molecule has 0 bridgehead atoms. The number of benzene rings is 1. The second-order valence-electron chi connectivity index (χ2n) is 16.7. The molecule has 9 N–H and O–H groups in total. The van der Waals surface area contributed by atoms with E-state index in [9.17, 15) is 55.5 Å². The van der Waals surface area contributed by atoms with Crippen molar-refractivity contribution in [2.24, 2.45) is 5.92 Å². The van der Waals surface area contributed by atoms with Gasteiger partial charge in [0.1, 0.15) is 54.7 Å². The smallest absolute Gasteiger partial charge is 0.331 e. The first-order chi connectivity index (χ1) is 33.0. The van der Waals surface area contributed by atoms with Crippen molar-refractivity contribution in [3.63, 3.8) is 0 Å². The van der Waals surface area contributed by atoms with E-state index in [4.69, 9.17) is 33.2 Å². The van der Waals surface area contributed by atoms with Crippen LogP contribution in [0.15, 0.2) is 96.7 Å². The van der Waals surface area contributed by atoms with Crippen molar-refractivity contribution in [1.29, 1.82) is 0 Å². The Labute approximate surface area is 404 Å². The SMILES string of the molecule is CCC(O)/C=C/C=C/C=C/C(=O)OC[C@H]1O[C@@H](O[C@H]2[C@H](OC(=O)/C=C/C=C/CC(O)/C(C)=C/C=C/CCC(C)CC)[C@@H](O)[C@@]3(OCc4cc(O)cc(O)c43)O[C@@H]2CO)[C@H](O)[C@@H](O)[C@H]1O.CCOCC. The number of esters is 2. The number of carbonyl (C=O) groups excluding carboxylic acids is 2. The number of allylic oxidation sites excluding steroid dienone is 9. The van der Waals surface area contributed by atoms with E-state index >= 15 is 0 Å². The summed E-state index contributed by atoms with van der Waals surface area (Å²) in [5.41, 5.74) is 0.834. The number of aromatic hydroxyl groups is 2. The Balaban J connectivity index is 0.00000239. The Morgan fingerprint density at radius 3 is 2.20 bits per heavy atom. The molecular weight excluding hydrogens is 901 g/mol. The molecule has 0 radical (unpaired) electrons. The highest BCUT2D eigenvalue weighted by Gasteiger charge is 2.63. The third-order valence-corrected chi connectivity index (χ3v) is 11.6. The van der Waals surface area contributed by atoms with Crippen LogP contribution in [0.2, 0.25) is 0 Å². The van der Waals surface area contributed by atoms with Crippen LogP contribution in [0.3, 0.4) is 0 Å². The second-order valence-corrected chi connectivity index (χ2v) is 16.7. The standard InChI is InChI=1S/C47H64O17.C4H10O/c1-5-28(3)17-11-9-12-18-29(4)33(51)20-14-10-16-22-38(54)62-44-43(35(25-48)64-47(45(44)58)39-30(26-60-47)23-32(50)24-34(39)52)63-46-42(57)41(56)40(55)36(61-46)27-59-37(53)21-15-8-7-13-19-31(49)6-2;1-3-5-4-2/h7-10,12-16,18-19,21-24,28,31,33,35-36,40-46,48-52,55-58H,5-6,11,17,20,25-27H2,1-4H3;3-4H2,1-2H3/b8-7+,12-9+,14-10+,19-13+,21-15+,22-16+,29-18+;/t28?,31?,33?,35-,36-,40+,41+,42-,43-,44+,45-,46+,47+;/m1./s1. The van der Waals surface area contributed by atoms with Crippen molar-refractivity contribution < 1.29 is 88.7 Å². The number of carbonyl (C=O) groups is 2. The van der Waals surface area contributed by atoms with E-state index < -0.39 is 104 Å². The molecule has 0 aliphatic carbocycles. The van der Waals surface area contributed by atoms with Crippen molar-refractivity contribution in [1.82, 2.24) is 0 Å². The summed E-state index contributed by atoms with van der Waals surface area (Å²) in [5.74, 6) is -4.40. The molecule has 4 rings (SSSR count). The van der Waals surface area contributed by atoms with Gasteiger partial charge in [0.15, 0.2) is 18.5 Å². The molecule has 18 nitrogen and oxygen atoms in total. The lowest BCUT2D eigenvalue weighted by molar-refractivity contribution is -0.395. The normalized spacial score (nSPS) is 28.8. The average Bonchev–Trinajstić information content (AvgIpc) is 3.70. The first-order valence-electron chi connectivity index (χ1n) is 23.5. The number of aliphatic hydroxyl groups is 7. The summed E-state index contributed by atoms with van der Waals surface area (Å²) in [6, 6.07) is 2.25. The lowest BCUT2D eigenvalue weighted by atomic mass is 9.86. The number of hydrogen-bond acceptors (Lipinski definition) is 18. The van der Waals surface area contributed by atoms with Gasteiger partial charge in [-0.3, -0.25) is 0 Å². The largest absolute Gasteiger partial charge is 0.508 e. The molecule has 1 aromatic carbocycles. The quantitative estimate of drug-likeness (QED) is 0.0428. The van der Waals surface area contributed by atoms with E-state index in [-0.39, 0.29) is 29.9 Å². The maximum Gasteiger partial charge on any atom is 0.331 e. The molecule has 386 valence electrons. The molecule has 0 saturated carbocycles. The van der Waals surface area contributed by atoms with Gasteiger partial charge in [-0.25, -0.2) is 9.59 Å². The number of rotatable bonds is 23. The third kappa shape index (κ3) is 17.7. The summed E-state index contributed by atoms with van der Waals surface area (Å²) < 4.78 is 39.5. The van der Waals surface area contributed by atoms with Crippen LogP contribution in [0.25, 0.3) is 0 Å². The number of hydrogen-bond donors (Lipinski definition) is 9. The molecule has 3 heterocycles. The van der Waals surface area contributed by atoms with Gasteiger partial charge in [-0.1, -0.05) is 94.0 Å². The summed E-state index contributed by atoms with van der Waals surface area (Å²) in [6.07, 6.45) is 6.33. The van der Waals surface area contributed by atoms with Crippen LogP contribution in [0.4, 0.5) is 0 Å². The maximum absolute atomic E-state index is 13.4. The van der Waals surface area contributed by atoms with E-state index in [1.807, 2.05) is 32.9 Å².